The van der Waals surface area contributed by atoms with Crippen molar-refractivity contribution in [2.24, 2.45) is 5.92 Å². The van der Waals surface area contributed by atoms with E-state index in [1.807, 2.05) is 25.1 Å². The molecule has 172 valence electrons. The molecule has 0 bridgehead atoms. The molecule has 3 aromatic rings. The molecule has 1 aliphatic rings. The van der Waals surface area contributed by atoms with Crippen LogP contribution in [-0.2, 0) is 16.4 Å². The highest BCUT2D eigenvalue weighted by molar-refractivity contribution is 7.91. The fourth-order valence-electron chi connectivity index (χ4n) is 4.37. The van der Waals surface area contributed by atoms with Gasteiger partial charge in [-0.05, 0) is 31.0 Å². The molecule has 0 saturated carbocycles. The molecule has 3 heterocycles. The van der Waals surface area contributed by atoms with E-state index in [4.69, 9.17) is 0 Å². The minimum atomic E-state index is -2.95. The number of H-pyrrole nitrogens is 1. The molecule has 1 N–H and O–H groups in total. The number of rotatable bonds is 6. The number of benzene rings is 1. The summed E-state index contributed by atoms with van der Waals surface area (Å²) in [5, 5.41) is 4.67. The Hall–Kier alpha value is -2.52. The number of nitrogens with zero attached hydrogens (tertiary/aromatic N) is 3. The molecule has 0 aliphatic carbocycles. The summed E-state index contributed by atoms with van der Waals surface area (Å²) in [6, 6.07) is 6.90. The standard InChI is InChI=1S/C23H29FN4O3S/c1-4-28-22-12-16(11-20(24)18(22)13-25-28)21-6-5-17(23(29)26-21)19(15(2)3)14-27-7-9-32(30,31)10-8-27/h5-6,11-13,15,19H,4,7-10,14H2,1-3H3,(H,26,29). The third-order valence-corrected chi connectivity index (χ3v) is 7.97. The highest BCUT2D eigenvalue weighted by Gasteiger charge is 2.27. The van der Waals surface area contributed by atoms with Gasteiger partial charge in [0.05, 0.1) is 28.6 Å². The number of pyridine rings is 1. The van der Waals surface area contributed by atoms with Gasteiger partial charge in [0.25, 0.3) is 5.56 Å². The molecule has 0 spiro atoms. The summed E-state index contributed by atoms with van der Waals surface area (Å²) < 4.78 is 39.8. The minimum Gasteiger partial charge on any atom is -0.322 e. The van der Waals surface area contributed by atoms with Gasteiger partial charge in [-0.3, -0.25) is 9.48 Å². The monoisotopic (exact) mass is 460 g/mol. The van der Waals surface area contributed by atoms with Gasteiger partial charge in [-0.25, -0.2) is 12.8 Å². The summed E-state index contributed by atoms with van der Waals surface area (Å²) in [6.45, 7) is 8.30. The first-order valence-corrected chi connectivity index (χ1v) is 12.8. The number of halogens is 1. The van der Waals surface area contributed by atoms with E-state index in [0.29, 0.717) is 53.9 Å². The lowest BCUT2D eigenvalue weighted by Gasteiger charge is -2.32. The first kappa shape index (κ1) is 22.7. The van der Waals surface area contributed by atoms with Crippen LogP contribution in [0.25, 0.3) is 22.2 Å². The molecule has 1 aromatic carbocycles. The third-order valence-electron chi connectivity index (χ3n) is 6.36. The highest BCUT2D eigenvalue weighted by Crippen LogP contribution is 2.28. The largest absolute Gasteiger partial charge is 0.322 e. The number of fused-ring (bicyclic) bond motifs is 1. The van der Waals surface area contributed by atoms with Crippen molar-refractivity contribution in [2.45, 2.75) is 33.2 Å². The molecule has 2 aromatic heterocycles. The van der Waals surface area contributed by atoms with E-state index in [0.717, 1.165) is 0 Å². The van der Waals surface area contributed by atoms with Gasteiger partial charge in [0.15, 0.2) is 9.84 Å². The maximum absolute atomic E-state index is 14.6. The SMILES string of the molecule is CCn1ncc2c(F)cc(-c3ccc(C(CN4CCS(=O)(=O)CC4)C(C)C)c(=O)[nH]3)cc21. The van der Waals surface area contributed by atoms with Gasteiger partial charge >= 0.3 is 0 Å². The second-order valence-electron chi connectivity index (χ2n) is 8.81. The van der Waals surface area contributed by atoms with E-state index in [2.05, 4.69) is 28.8 Å². The molecule has 9 heteroatoms. The molecule has 4 rings (SSSR count). The second kappa shape index (κ2) is 8.78. The molecule has 1 aliphatic heterocycles. The van der Waals surface area contributed by atoms with Gasteiger partial charge in [-0.1, -0.05) is 19.9 Å². The van der Waals surface area contributed by atoms with Crippen molar-refractivity contribution in [1.82, 2.24) is 19.7 Å². The lowest BCUT2D eigenvalue weighted by atomic mass is 9.88. The first-order chi connectivity index (χ1) is 15.2. The lowest BCUT2D eigenvalue weighted by molar-refractivity contribution is 0.253. The van der Waals surface area contributed by atoms with Crippen LogP contribution in [-0.4, -0.2) is 59.2 Å². The van der Waals surface area contributed by atoms with Crippen LogP contribution >= 0.6 is 0 Å². The molecule has 1 atom stereocenters. The van der Waals surface area contributed by atoms with E-state index in [-0.39, 0.29) is 34.7 Å². The average molecular weight is 461 g/mol. The molecule has 7 nitrogen and oxygen atoms in total. The van der Waals surface area contributed by atoms with Gasteiger partial charge in [0.1, 0.15) is 5.82 Å². The molecule has 0 radical (unpaired) electrons. The fourth-order valence-corrected chi connectivity index (χ4v) is 5.64. The molecular weight excluding hydrogens is 431 g/mol. The summed E-state index contributed by atoms with van der Waals surface area (Å²) >= 11 is 0. The molecule has 1 unspecified atom stereocenters. The molecule has 32 heavy (non-hydrogen) atoms. The topological polar surface area (TPSA) is 88.1 Å². The van der Waals surface area contributed by atoms with E-state index in [9.17, 15) is 17.6 Å². The van der Waals surface area contributed by atoms with Crippen LogP contribution in [0.5, 0.6) is 0 Å². The minimum absolute atomic E-state index is 0.0330. The number of hydrogen-bond acceptors (Lipinski definition) is 5. The van der Waals surface area contributed by atoms with E-state index in [1.54, 1.807) is 4.68 Å². The maximum atomic E-state index is 14.6. The first-order valence-electron chi connectivity index (χ1n) is 11.0. The Morgan fingerprint density at radius 1 is 1.19 bits per heavy atom. The quantitative estimate of drug-likeness (QED) is 0.611. The maximum Gasteiger partial charge on any atom is 0.251 e. The normalized spacial score (nSPS) is 17.8. The Morgan fingerprint density at radius 3 is 2.53 bits per heavy atom. The fraction of sp³-hybridized carbons (Fsp3) is 0.478. The molecule has 1 saturated heterocycles. The number of nitrogens with one attached hydrogen (secondary N) is 1. The van der Waals surface area contributed by atoms with Crippen molar-refractivity contribution in [3.05, 3.63) is 52.2 Å². The van der Waals surface area contributed by atoms with Gasteiger partial charge < -0.3 is 9.88 Å². The Bertz CT molecular complexity index is 1280. The van der Waals surface area contributed by atoms with Crippen LogP contribution in [0, 0.1) is 11.7 Å². The molecular formula is C23H29FN4O3S. The Morgan fingerprint density at radius 2 is 1.91 bits per heavy atom. The van der Waals surface area contributed by atoms with E-state index in [1.165, 1.54) is 12.3 Å². The van der Waals surface area contributed by atoms with Crippen LogP contribution in [0.15, 0.2) is 35.3 Å². The summed E-state index contributed by atoms with van der Waals surface area (Å²) in [7, 11) is -2.95. The van der Waals surface area contributed by atoms with Crippen molar-refractivity contribution in [1.29, 1.82) is 0 Å². The highest BCUT2D eigenvalue weighted by atomic mass is 32.2. The third kappa shape index (κ3) is 4.49. The zero-order chi connectivity index (χ0) is 23.0. The number of aromatic nitrogens is 3. The Balaban J connectivity index is 1.63. The average Bonchev–Trinajstić information content (AvgIpc) is 3.17. The number of aryl methyl sites for hydroxylation is 1. The van der Waals surface area contributed by atoms with Gasteiger partial charge in [0, 0.05) is 48.9 Å². The predicted molar refractivity (Wildman–Crippen MR) is 124 cm³/mol. The van der Waals surface area contributed by atoms with Crippen molar-refractivity contribution in [3.8, 4) is 11.3 Å². The summed E-state index contributed by atoms with van der Waals surface area (Å²) in [5.74, 6) is 0.120. The Kier molecular flexibility index (Phi) is 6.22. The van der Waals surface area contributed by atoms with Crippen LogP contribution in [0.1, 0.15) is 32.3 Å². The van der Waals surface area contributed by atoms with E-state index >= 15 is 0 Å². The van der Waals surface area contributed by atoms with Crippen LogP contribution in [0.3, 0.4) is 0 Å². The molecule has 1 fully saturated rings. The summed E-state index contributed by atoms with van der Waals surface area (Å²) in [4.78, 5) is 18.1. The van der Waals surface area contributed by atoms with Crippen molar-refractivity contribution < 1.29 is 12.8 Å². The summed E-state index contributed by atoms with van der Waals surface area (Å²) in [5.41, 5.74) is 2.30. The predicted octanol–water partition coefficient (Wildman–Crippen LogP) is 3.02. The number of aromatic amines is 1. The second-order valence-corrected chi connectivity index (χ2v) is 11.1. The zero-order valence-electron chi connectivity index (χ0n) is 18.6. The zero-order valence-corrected chi connectivity index (χ0v) is 19.5. The molecule has 0 amide bonds. The van der Waals surface area contributed by atoms with Crippen molar-refractivity contribution in [2.75, 3.05) is 31.1 Å². The lowest BCUT2D eigenvalue weighted by Crippen LogP contribution is -2.43. The van der Waals surface area contributed by atoms with Crippen molar-refractivity contribution >= 4 is 20.7 Å². The Labute approximate surface area is 187 Å². The number of sulfone groups is 1. The van der Waals surface area contributed by atoms with Crippen LogP contribution < -0.4 is 5.56 Å². The van der Waals surface area contributed by atoms with Gasteiger partial charge in [-0.2, -0.15) is 5.10 Å². The van der Waals surface area contributed by atoms with Gasteiger partial charge in [-0.15, -0.1) is 0 Å². The number of hydrogen-bond donors (Lipinski definition) is 1. The smallest absolute Gasteiger partial charge is 0.251 e. The summed E-state index contributed by atoms with van der Waals surface area (Å²) in [6.07, 6.45) is 1.52. The van der Waals surface area contributed by atoms with Crippen LogP contribution in [0.4, 0.5) is 4.39 Å². The van der Waals surface area contributed by atoms with Gasteiger partial charge in [0.2, 0.25) is 0 Å². The van der Waals surface area contributed by atoms with E-state index < -0.39 is 9.84 Å². The van der Waals surface area contributed by atoms with Crippen LogP contribution in [0.2, 0.25) is 0 Å². The van der Waals surface area contributed by atoms with Crippen molar-refractivity contribution in [3.63, 3.8) is 0 Å².